The van der Waals surface area contributed by atoms with Crippen molar-refractivity contribution in [2.45, 2.75) is 40.4 Å². The number of hydrogen-bond acceptors (Lipinski definition) is 5. The van der Waals surface area contributed by atoms with Crippen LogP contribution in [0.4, 0.5) is 5.82 Å². The molecule has 0 aliphatic rings. The average Bonchev–Trinajstić information content (AvgIpc) is 2.87. The Morgan fingerprint density at radius 2 is 1.84 bits per heavy atom. The lowest BCUT2D eigenvalue weighted by Gasteiger charge is -2.15. The molecular formula is C18H22N2O4S. The number of anilines is 1. The largest absolute Gasteiger partial charge is 0.360 e. The molecule has 2 rings (SSSR count). The van der Waals surface area contributed by atoms with Crippen molar-refractivity contribution in [2.75, 3.05) is 11.1 Å². The van der Waals surface area contributed by atoms with Gasteiger partial charge in [-0.2, -0.15) is 0 Å². The molecule has 2 aromatic rings. The standard InChI is InChI=1S/C18H22N2O4S/c1-10-6-11(2)18(14(5)21)13(4)15(10)8-25(23)9-17(22)19-16-7-12(3)24-20-16/h6-7H,8-9H2,1-5H3,(H,19,20,22)/t25-/m0/s1. The normalized spacial score (nSPS) is 12.0. The minimum absolute atomic E-state index is 0.0128. The molecule has 134 valence electrons. The highest BCUT2D eigenvalue weighted by molar-refractivity contribution is 7.85. The molecule has 1 aromatic carbocycles. The third kappa shape index (κ3) is 4.63. The van der Waals surface area contributed by atoms with E-state index < -0.39 is 10.8 Å². The van der Waals surface area contributed by atoms with Crippen LogP contribution in [0.5, 0.6) is 0 Å². The van der Waals surface area contributed by atoms with E-state index in [4.69, 9.17) is 4.52 Å². The number of hydrogen-bond donors (Lipinski definition) is 1. The summed E-state index contributed by atoms with van der Waals surface area (Å²) in [5.74, 6) is 0.569. The van der Waals surface area contributed by atoms with E-state index in [1.807, 2.05) is 26.8 Å². The second kappa shape index (κ2) is 7.74. The van der Waals surface area contributed by atoms with Crippen LogP contribution in [-0.4, -0.2) is 26.8 Å². The van der Waals surface area contributed by atoms with Crippen LogP contribution in [0.25, 0.3) is 0 Å². The van der Waals surface area contributed by atoms with Gasteiger partial charge in [0, 0.05) is 28.2 Å². The van der Waals surface area contributed by atoms with Crippen LogP contribution >= 0.6 is 0 Å². The Bertz CT molecular complexity index is 855. The summed E-state index contributed by atoms with van der Waals surface area (Å²) in [5, 5.41) is 6.23. The number of benzene rings is 1. The highest BCUT2D eigenvalue weighted by atomic mass is 32.2. The molecule has 1 heterocycles. The third-order valence-electron chi connectivity index (χ3n) is 3.98. The first-order chi connectivity index (χ1) is 11.7. The molecule has 0 spiro atoms. The van der Waals surface area contributed by atoms with E-state index in [0.717, 1.165) is 22.3 Å². The van der Waals surface area contributed by atoms with E-state index in [1.165, 1.54) is 6.92 Å². The lowest BCUT2D eigenvalue weighted by atomic mass is 9.92. The molecule has 0 unspecified atom stereocenters. The van der Waals surface area contributed by atoms with Gasteiger partial charge in [0.1, 0.15) is 11.5 Å². The van der Waals surface area contributed by atoms with Crippen LogP contribution in [-0.2, 0) is 21.3 Å². The molecule has 0 radical (unpaired) electrons. The fraction of sp³-hybridized carbons (Fsp3) is 0.389. The summed E-state index contributed by atoms with van der Waals surface area (Å²) in [6.45, 7) is 8.93. The maximum atomic E-state index is 12.4. The Morgan fingerprint density at radius 3 is 2.40 bits per heavy atom. The molecule has 1 amide bonds. The van der Waals surface area contributed by atoms with Crippen molar-refractivity contribution in [3.05, 3.63) is 45.7 Å². The lowest BCUT2D eigenvalue weighted by molar-refractivity contribution is -0.113. The first-order valence-electron chi connectivity index (χ1n) is 7.87. The maximum Gasteiger partial charge on any atom is 0.238 e. The van der Waals surface area contributed by atoms with Gasteiger partial charge in [-0.05, 0) is 56.9 Å². The molecule has 0 aliphatic heterocycles. The minimum atomic E-state index is -1.40. The molecule has 0 saturated heterocycles. The van der Waals surface area contributed by atoms with Gasteiger partial charge >= 0.3 is 0 Å². The third-order valence-corrected chi connectivity index (χ3v) is 5.17. The summed E-state index contributed by atoms with van der Waals surface area (Å²) in [7, 11) is -1.40. The SMILES string of the molecule is CC(=O)c1c(C)cc(C)c(C[S@](=O)CC(=O)Nc2cc(C)on2)c1C. The van der Waals surface area contributed by atoms with Gasteiger partial charge in [-0.3, -0.25) is 13.8 Å². The molecule has 6 nitrogen and oxygen atoms in total. The molecule has 0 bridgehead atoms. The summed E-state index contributed by atoms with van der Waals surface area (Å²) >= 11 is 0. The summed E-state index contributed by atoms with van der Waals surface area (Å²) in [6.07, 6.45) is 0. The van der Waals surface area contributed by atoms with Gasteiger partial charge in [-0.25, -0.2) is 0 Å². The molecule has 0 aliphatic carbocycles. The minimum Gasteiger partial charge on any atom is -0.360 e. The van der Waals surface area contributed by atoms with Gasteiger partial charge in [0.25, 0.3) is 0 Å². The fourth-order valence-corrected chi connectivity index (χ4v) is 4.19. The molecule has 7 heteroatoms. The van der Waals surface area contributed by atoms with E-state index >= 15 is 0 Å². The van der Waals surface area contributed by atoms with Crippen molar-refractivity contribution in [1.29, 1.82) is 0 Å². The van der Waals surface area contributed by atoms with Gasteiger partial charge in [0.2, 0.25) is 5.91 Å². The van der Waals surface area contributed by atoms with Gasteiger partial charge < -0.3 is 9.84 Å². The van der Waals surface area contributed by atoms with E-state index in [2.05, 4.69) is 10.5 Å². The summed E-state index contributed by atoms with van der Waals surface area (Å²) in [6, 6.07) is 3.52. The second-order valence-electron chi connectivity index (χ2n) is 6.14. The van der Waals surface area contributed by atoms with Crippen molar-refractivity contribution in [2.24, 2.45) is 0 Å². The Hall–Kier alpha value is -2.28. The molecule has 0 fully saturated rings. The molecule has 1 atom stereocenters. The number of amides is 1. The van der Waals surface area contributed by atoms with Gasteiger partial charge in [-0.1, -0.05) is 11.2 Å². The van der Waals surface area contributed by atoms with E-state index in [9.17, 15) is 13.8 Å². The predicted octanol–water partition coefficient (Wildman–Crippen LogP) is 3.00. The van der Waals surface area contributed by atoms with E-state index in [1.54, 1.807) is 13.0 Å². The number of rotatable bonds is 6. The molecule has 1 aromatic heterocycles. The molecule has 1 N–H and O–H groups in total. The maximum absolute atomic E-state index is 12.4. The van der Waals surface area contributed by atoms with Gasteiger partial charge in [0.05, 0.1) is 0 Å². The van der Waals surface area contributed by atoms with Crippen molar-refractivity contribution < 1.29 is 18.3 Å². The lowest BCUT2D eigenvalue weighted by Crippen LogP contribution is -2.21. The second-order valence-corrected chi connectivity index (χ2v) is 7.60. The number of aryl methyl sites for hydroxylation is 3. The van der Waals surface area contributed by atoms with Crippen LogP contribution < -0.4 is 5.32 Å². The quantitative estimate of drug-likeness (QED) is 0.798. The van der Waals surface area contributed by atoms with Crippen molar-refractivity contribution in [3.8, 4) is 0 Å². The van der Waals surface area contributed by atoms with Crippen LogP contribution in [0.1, 0.15) is 45.3 Å². The highest BCUT2D eigenvalue weighted by Crippen LogP contribution is 2.24. The first-order valence-corrected chi connectivity index (χ1v) is 9.36. The van der Waals surface area contributed by atoms with Crippen LogP contribution in [0, 0.1) is 27.7 Å². The van der Waals surface area contributed by atoms with Crippen molar-refractivity contribution >= 4 is 28.3 Å². The monoisotopic (exact) mass is 362 g/mol. The number of carbonyl (C=O) groups excluding carboxylic acids is 2. The Morgan fingerprint density at radius 1 is 1.16 bits per heavy atom. The topological polar surface area (TPSA) is 89.3 Å². The zero-order valence-corrected chi connectivity index (χ0v) is 15.9. The smallest absolute Gasteiger partial charge is 0.238 e. The Labute approximate surface area is 149 Å². The summed E-state index contributed by atoms with van der Waals surface area (Å²) < 4.78 is 17.3. The van der Waals surface area contributed by atoms with Crippen LogP contribution in [0.2, 0.25) is 0 Å². The van der Waals surface area contributed by atoms with Gasteiger partial charge in [-0.15, -0.1) is 0 Å². The molecular weight excluding hydrogens is 340 g/mol. The van der Waals surface area contributed by atoms with Crippen LogP contribution in [0.3, 0.4) is 0 Å². The van der Waals surface area contributed by atoms with E-state index in [0.29, 0.717) is 17.1 Å². The first kappa shape index (κ1) is 19.1. The van der Waals surface area contributed by atoms with Crippen molar-refractivity contribution in [1.82, 2.24) is 5.16 Å². The molecule has 0 saturated carbocycles. The highest BCUT2D eigenvalue weighted by Gasteiger charge is 2.17. The van der Waals surface area contributed by atoms with Crippen LogP contribution in [0.15, 0.2) is 16.7 Å². The Kier molecular flexibility index (Phi) is 5.89. The fourth-order valence-electron chi connectivity index (χ4n) is 2.95. The number of ketones is 1. The zero-order chi connectivity index (χ0) is 18.7. The Balaban J connectivity index is 2.11. The van der Waals surface area contributed by atoms with Gasteiger partial charge in [0.15, 0.2) is 11.6 Å². The zero-order valence-electron chi connectivity index (χ0n) is 15.1. The summed E-state index contributed by atoms with van der Waals surface area (Å²) in [5.41, 5.74) is 4.25. The number of nitrogens with zero attached hydrogens (tertiary/aromatic N) is 1. The summed E-state index contributed by atoms with van der Waals surface area (Å²) in [4.78, 5) is 23.8. The number of Topliss-reactive ketones (excluding diaryl/α,β-unsaturated/α-hetero) is 1. The number of aromatic nitrogens is 1. The van der Waals surface area contributed by atoms with E-state index in [-0.39, 0.29) is 23.2 Å². The van der Waals surface area contributed by atoms with Crippen molar-refractivity contribution in [3.63, 3.8) is 0 Å². The predicted molar refractivity (Wildman–Crippen MR) is 97.2 cm³/mol. The number of nitrogens with one attached hydrogen (secondary N) is 1. The molecule has 25 heavy (non-hydrogen) atoms. The average molecular weight is 362 g/mol. The number of carbonyl (C=O) groups is 2.